The molecule has 0 saturated carbocycles. The van der Waals surface area contributed by atoms with E-state index in [1.807, 2.05) is 34.0 Å². The molecule has 0 amide bonds. The Balaban J connectivity index is 0.000000109. The average Bonchev–Trinajstić information content (AvgIpc) is 1.45. The zero-order valence-electron chi connectivity index (χ0n) is 72.6. The van der Waals surface area contributed by atoms with Gasteiger partial charge in [-0.25, -0.2) is 15.0 Å². The number of benzene rings is 21. The number of rotatable bonds is 9. The molecule has 0 aliphatic rings. The first-order valence-electron chi connectivity index (χ1n) is 45.2. The Morgan fingerprint density at radius 1 is 0.152 bits per heavy atom. The minimum Gasteiger partial charge on any atom is -0.247 e. The lowest BCUT2D eigenvalue weighted by Gasteiger charge is -2.15. The predicted octanol–water partition coefficient (Wildman–Crippen LogP) is 36.7. The molecular weight excluding hydrogens is 1650 g/mol. The Morgan fingerprint density at radius 2 is 0.447 bits per heavy atom. The fraction of sp³-hybridized carbons (Fsp3) is 0.0238. The molecule has 3 nitrogen and oxygen atoms in total. The Morgan fingerprint density at radius 3 is 0.894 bits per heavy atom. The van der Waals surface area contributed by atoms with E-state index >= 15 is 0 Å². The fourth-order valence-electron chi connectivity index (χ4n) is 20.7. The molecule has 0 radical (unpaired) electrons. The first-order chi connectivity index (χ1) is 65.2. The number of nitrogens with zero attached hydrogens (tertiary/aromatic N) is 3. The summed E-state index contributed by atoms with van der Waals surface area (Å²) in [5.41, 5.74) is 28.2. The molecule has 0 saturated heterocycles. The SMILES string of the molecule is Cc1ccc2sc3c(-c4ccccc4-c4ccc5c6ccccc6c6ccccc6c5n4)cc(C)cc3c2c1.Cc1cccc2c1sc1c(-c3ccccc3-c3ccc4c5ccccc5c5ccccc5c4n3)cccc12.c1ccc(-c2cc(-c3ccccc3)c3sc4c(-c5ccccc5-c5ccc6c7ccccc7c7ccccc7c6n5)cc(-c5ccccc5)cc4c3c2)cc1. The highest BCUT2D eigenvalue weighted by Gasteiger charge is 2.25. The average molecular weight is 1730 g/mol. The topological polar surface area (TPSA) is 38.7 Å². The highest BCUT2D eigenvalue weighted by Crippen LogP contribution is 2.52. The third kappa shape index (κ3) is 13.3. The Bertz CT molecular complexity index is 9290. The lowest BCUT2D eigenvalue weighted by molar-refractivity contribution is 1.41. The van der Waals surface area contributed by atoms with E-state index in [4.69, 9.17) is 15.0 Å². The maximum absolute atomic E-state index is 5.52. The molecule has 6 heteroatoms. The van der Waals surface area contributed by atoms with Crippen LogP contribution in [0.25, 0.3) is 258 Å². The van der Waals surface area contributed by atoms with Gasteiger partial charge in [0.2, 0.25) is 0 Å². The summed E-state index contributed by atoms with van der Waals surface area (Å²) in [4.78, 5) is 16.2. The van der Waals surface area contributed by atoms with E-state index < -0.39 is 0 Å². The van der Waals surface area contributed by atoms with Crippen molar-refractivity contribution < 1.29 is 0 Å². The van der Waals surface area contributed by atoms with E-state index in [0.29, 0.717) is 0 Å². The minimum atomic E-state index is 0.972. The van der Waals surface area contributed by atoms with Gasteiger partial charge in [-0.2, -0.15) is 0 Å². The van der Waals surface area contributed by atoms with Crippen LogP contribution in [-0.2, 0) is 0 Å². The number of aromatic nitrogens is 3. The molecule has 0 atom stereocenters. The summed E-state index contributed by atoms with van der Waals surface area (Å²) in [6, 6.07) is 159. The van der Waals surface area contributed by atoms with Gasteiger partial charge >= 0.3 is 0 Å². The van der Waals surface area contributed by atoms with Gasteiger partial charge in [-0.05, 0) is 210 Å². The molecule has 0 aliphatic heterocycles. The van der Waals surface area contributed by atoms with E-state index in [1.165, 1.54) is 225 Å². The molecule has 6 heterocycles. The number of hydrogen-bond donors (Lipinski definition) is 0. The minimum absolute atomic E-state index is 0.972. The van der Waals surface area contributed by atoms with Crippen LogP contribution in [0, 0.1) is 20.8 Å². The summed E-state index contributed by atoms with van der Waals surface area (Å²) in [6.07, 6.45) is 0. The van der Waals surface area contributed by atoms with Gasteiger partial charge in [0, 0.05) is 132 Å². The van der Waals surface area contributed by atoms with E-state index in [9.17, 15) is 0 Å². The molecule has 0 spiro atoms. The lowest BCUT2D eigenvalue weighted by atomic mass is 9.91. The highest BCUT2D eigenvalue weighted by atomic mass is 32.1. The van der Waals surface area contributed by atoms with Gasteiger partial charge in [-0.15, -0.1) is 34.0 Å². The van der Waals surface area contributed by atoms with Gasteiger partial charge in [0.25, 0.3) is 0 Å². The number of fused-ring (bicyclic) bond motifs is 27. The van der Waals surface area contributed by atoms with E-state index in [-0.39, 0.29) is 0 Å². The van der Waals surface area contributed by atoms with Crippen LogP contribution >= 0.6 is 34.0 Å². The van der Waals surface area contributed by atoms with Crippen molar-refractivity contribution in [2.75, 3.05) is 0 Å². The fourth-order valence-corrected chi connectivity index (χ4v) is 24.5. The van der Waals surface area contributed by atoms with Gasteiger partial charge in [-0.3, -0.25) is 0 Å². The Kier molecular flexibility index (Phi) is 19.2. The molecular formula is C126H81N3S3. The molecule has 0 unspecified atom stereocenters. The number of thiophene rings is 3. The second kappa shape index (κ2) is 32.4. The Labute approximate surface area is 775 Å². The van der Waals surface area contributed by atoms with Crippen LogP contribution in [0.15, 0.2) is 437 Å². The van der Waals surface area contributed by atoms with Crippen molar-refractivity contribution in [3.63, 3.8) is 0 Å². The molecule has 27 aromatic rings. The zero-order chi connectivity index (χ0) is 87.6. The summed E-state index contributed by atoms with van der Waals surface area (Å²) >= 11 is 5.69. The number of pyridine rings is 3. The molecule has 0 N–H and O–H groups in total. The predicted molar refractivity (Wildman–Crippen MR) is 572 cm³/mol. The van der Waals surface area contributed by atoms with Crippen LogP contribution in [0.5, 0.6) is 0 Å². The maximum atomic E-state index is 5.52. The Hall–Kier alpha value is -15.9. The zero-order valence-corrected chi connectivity index (χ0v) is 75.1. The van der Waals surface area contributed by atoms with Gasteiger partial charge in [0.1, 0.15) is 0 Å². The number of aryl methyl sites for hydroxylation is 3. The van der Waals surface area contributed by atoms with Crippen molar-refractivity contribution in [2.45, 2.75) is 20.8 Å². The van der Waals surface area contributed by atoms with Crippen LogP contribution in [-0.4, -0.2) is 15.0 Å². The van der Waals surface area contributed by atoms with Crippen molar-refractivity contribution in [2.24, 2.45) is 0 Å². The highest BCUT2D eigenvalue weighted by molar-refractivity contribution is 7.27. The van der Waals surface area contributed by atoms with Crippen LogP contribution in [0.4, 0.5) is 0 Å². The third-order valence-electron chi connectivity index (χ3n) is 26.8. The van der Waals surface area contributed by atoms with Crippen LogP contribution in [0.2, 0.25) is 0 Å². The monoisotopic (exact) mass is 1730 g/mol. The second-order valence-electron chi connectivity index (χ2n) is 34.7. The summed E-state index contributed by atoms with van der Waals surface area (Å²) in [5.74, 6) is 0. The van der Waals surface area contributed by atoms with E-state index in [2.05, 4.69) is 458 Å². The molecule has 0 fully saturated rings. The van der Waals surface area contributed by atoms with E-state index in [1.54, 1.807) is 0 Å². The second-order valence-corrected chi connectivity index (χ2v) is 37.8. The third-order valence-corrected chi connectivity index (χ3v) is 30.7. The van der Waals surface area contributed by atoms with Crippen LogP contribution in [0.3, 0.4) is 0 Å². The molecule has 27 rings (SSSR count). The van der Waals surface area contributed by atoms with Gasteiger partial charge in [-0.1, -0.05) is 357 Å². The van der Waals surface area contributed by atoms with Gasteiger partial charge in [0.15, 0.2) is 0 Å². The summed E-state index contributed by atoms with van der Waals surface area (Å²) in [7, 11) is 0. The molecule has 0 aliphatic carbocycles. The summed E-state index contributed by atoms with van der Waals surface area (Å²) in [6.45, 7) is 6.59. The molecule has 6 aromatic heterocycles. The summed E-state index contributed by atoms with van der Waals surface area (Å²) in [5, 5.41) is 26.3. The quantitative estimate of drug-likeness (QED) is 0.135. The van der Waals surface area contributed by atoms with Crippen molar-refractivity contribution >= 4 is 192 Å². The van der Waals surface area contributed by atoms with Crippen LogP contribution < -0.4 is 0 Å². The van der Waals surface area contributed by atoms with Crippen LogP contribution in [0.1, 0.15) is 16.7 Å². The normalized spacial score (nSPS) is 11.8. The first-order valence-corrected chi connectivity index (χ1v) is 47.6. The first kappa shape index (κ1) is 78.3. The van der Waals surface area contributed by atoms with Gasteiger partial charge < -0.3 is 0 Å². The van der Waals surface area contributed by atoms with Crippen molar-refractivity contribution in [3.8, 4) is 101 Å². The molecule has 0 bridgehead atoms. The van der Waals surface area contributed by atoms with Crippen molar-refractivity contribution in [1.82, 2.24) is 15.0 Å². The summed E-state index contributed by atoms with van der Waals surface area (Å²) < 4.78 is 7.96. The smallest absolute Gasteiger partial charge is 0.0794 e. The maximum Gasteiger partial charge on any atom is 0.0794 e. The molecule has 21 aromatic carbocycles. The lowest BCUT2D eigenvalue weighted by Crippen LogP contribution is -1.92. The van der Waals surface area contributed by atoms with Crippen molar-refractivity contribution in [3.05, 3.63) is 453 Å². The van der Waals surface area contributed by atoms with E-state index in [0.717, 1.165) is 50.3 Å². The van der Waals surface area contributed by atoms with Gasteiger partial charge in [0.05, 0.1) is 33.6 Å². The molecule has 618 valence electrons. The number of hydrogen-bond acceptors (Lipinski definition) is 6. The standard InChI is InChI=1S/C53H33NS.C37H25NS.C36H23NS/c1-4-16-34(17-5-1)37-30-46(36-20-8-3-9-21-36)52-48(32-37)49-33-38(35-18-6-2-7-19-35)31-47(53(49)55-52)42-25-12-14-26-43(42)50-29-28-45-41-24-11-10-22-39(41)40-23-13-15-27-44(40)51(45)54-50;1-22-15-18-35-31(19-22)33-21-23(2)20-32(37(33)39-35)27-12-5-7-13-28(27)34-17-16-30-26-11-4-3-9-24(26)25-10-6-8-14-29(25)36(30)38-34;1-22-10-8-17-31-32-19-9-18-30(36(32)38-35(22)31)26-14-4-6-15-27(26)33-21-20-29-25-13-3-2-11-23(25)24-12-5-7-16-28(24)34(29)37-33/h1-33H;3-21H,1-2H3;2-21H,1H3. The largest absolute Gasteiger partial charge is 0.247 e. The van der Waals surface area contributed by atoms with Crippen molar-refractivity contribution in [1.29, 1.82) is 0 Å². The molecule has 132 heavy (non-hydrogen) atoms.